The van der Waals surface area contributed by atoms with Crippen molar-refractivity contribution in [1.82, 2.24) is 10.3 Å². The van der Waals surface area contributed by atoms with Gasteiger partial charge in [0, 0.05) is 17.3 Å². The fourth-order valence-electron chi connectivity index (χ4n) is 3.35. The lowest BCUT2D eigenvalue weighted by Crippen LogP contribution is -2.33. The number of rotatable bonds is 5. The minimum atomic E-state index is 0.0332. The van der Waals surface area contributed by atoms with Crippen LogP contribution in [0.2, 0.25) is 0 Å². The maximum absolute atomic E-state index is 12.1. The topological polar surface area (TPSA) is 71.1 Å². The second kappa shape index (κ2) is 7.22. The Labute approximate surface area is 134 Å². The van der Waals surface area contributed by atoms with Crippen molar-refractivity contribution in [3.05, 3.63) is 11.1 Å². The van der Waals surface area contributed by atoms with Crippen LogP contribution in [-0.2, 0) is 16.0 Å². The molecule has 0 bridgehead atoms. The molecule has 2 aliphatic rings. The number of hydrogen-bond donors (Lipinski definition) is 2. The molecular weight excluding hydrogens is 298 g/mol. The predicted octanol–water partition coefficient (Wildman–Crippen LogP) is 2.87. The number of amides is 2. The second-order valence-electron chi connectivity index (χ2n) is 6.34. The van der Waals surface area contributed by atoms with E-state index in [0.717, 1.165) is 44.2 Å². The Balaban J connectivity index is 1.47. The monoisotopic (exact) mass is 321 g/mol. The highest BCUT2D eigenvalue weighted by Crippen LogP contribution is 2.26. The minimum Gasteiger partial charge on any atom is -0.353 e. The van der Waals surface area contributed by atoms with E-state index in [2.05, 4.69) is 15.6 Å². The number of nitrogens with zero attached hydrogens (tertiary/aromatic N) is 1. The van der Waals surface area contributed by atoms with Gasteiger partial charge in [0.1, 0.15) is 0 Å². The van der Waals surface area contributed by atoms with Gasteiger partial charge in [0.05, 0.1) is 12.1 Å². The molecule has 120 valence electrons. The normalized spacial score (nSPS) is 19.5. The first-order chi connectivity index (χ1) is 10.7. The van der Waals surface area contributed by atoms with Gasteiger partial charge in [0.25, 0.3) is 0 Å². The summed E-state index contributed by atoms with van der Waals surface area (Å²) in [7, 11) is 0. The molecule has 22 heavy (non-hydrogen) atoms. The van der Waals surface area contributed by atoms with E-state index in [1.165, 1.54) is 24.2 Å². The van der Waals surface area contributed by atoms with Crippen LogP contribution in [0.4, 0.5) is 5.13 Å². The molecule has 1 aromatic heterocycles. The van der Waals surface area contributed by atoms with Gasteiger partial charge in [-0.05, 0) is 25.7 Å². The van der Waals surface area contributed by atoms with E-state index in [1.807, 2.05) is 5.38 Å². The Kier molecular flexibility index (Phi) is 5.08. The second-order valence-corrected chi connectivity index (χ2v) is 7.20. The fraction of sp³-hybridized carbons (Fsp3) is 0.688. The first kappa shape index (κ1) is 15.5. The summed E-state index contributed by atoms with van der Waals surface area (Å²) in [5.41, 5.74) is 0.738. The average molecular weight is 321 g/mol. The smallest absolute Gasteiger partial charge is 0.229 e. The standard InChI is InChI=1S/C16H23N3O2S/c20-14(17-12-7-3-4-8-12)9-13-10-22-16(18-13)19-15(21)11-5-1-2-6-11/h10-12H,1-9H2,(H,17,20)(H,18,19,21). The Morgan fingerprint density at radius 3 is 2.55 bits per heavy atom. The van der Waals surface area contributed by atoms with Crippen LogP contribution in [-0.4, -0.2) is 22.8 Å². The summed E-state index contributed by atoms with van der Waals surface area (Å²) in [5.74, 6) is 0.248. The van der Waals surface area contributed by atoms with Gasteiger partial charge < -0.3 is 10.6 Å². The summed E-state index contributed by atoms with van der Waals surface area (Å²) in [4.78, 5) is 28.4. The molecule has 2 saturated carbocycles. The number of hydrogen-bond acceptors (Lipinski definition) is 4. The van der Waals surface area contributed by atoms with Crippen molar-refractivity contribution >= 4 is 28.3 Å². The molecule has 2 amide bonds. The zero-order valence-electron chi connectivity index (χ0n) is 12.8. The molecule has 0 saturated heterocycles. The highest BCUT2D eigenvalue weighted by atomic mass is 32.1. The number of carbonyl (C=O) groups excluding carboxylic acids is 2. The Bertz CT molecular complexity index is 531. The number of aromatic nitrogens is 1. The van der Waals surface area contributed by atoms with Crippen LogP contribution in [0.5, 0.6) is 0 Å². The van der Waals surface area contributed by atoms with Crippen molar-refractivity contribution in [3.63, 3.8) is 0 Å². The van der Waals surface area contributed by atoms with Gasteiger partial charge in [0.2, 0.25) is 11.8 Å². The molecule has 5 nitrogen and oxygen atoms in total. The number of anilines is 1. The summed E-state index contributed by atoms with van der Waals surface area (Å²) in [6.07, 6.45) is 9.13. The summed E-state index contributed by atoms with van der Waals surface area (Å²) >= 11 is 1.40. The van der Waals surface area contributed by atoms with Crippen molar-refractivity contribution in [1.29, 1.82) is 0 Å². The van der Waals surface area contributed by atoms with Gasteiger partial charge in [-0.1, -0.05) is 25.7 Å². The van der Waals surface area contributed by atoms with Gasteiger partial charge in [-0.15, -0.1) is 11.3 Å². The van der Waals surface area contributed by atoms with Gasteiger partial charge >= 0.3 is 0 Å². The maximum Gasteiger partial charge on any atom is 0.229 e. The molecule has 0 aromatic carbocycles. The summed E-state index contributed by atoms with van der Waals surface area (Å²) in [6, 6.07) is 0.340. The molecule has 6 heteroatoms. The maximum atomic E-state index is 12.1. The van der Waals surface area contributed by atoms with Crippen molar-refractivity contribution in [2.45, 2.75) is 63.8 Å². The number of carbonyl (C=O) groups is 2. The zero-order valence-corrected chi connectivity index (χ0v) is 13.6. The van der Waals surface area contributed by atoms with Crippen LogP contribution in [0.25, 0.3) is 0 Å². The van der Waals surface area contributed by atoms with E-state index >= 15 is 0 Å². The van der Waals surface area contributed by atoms with Crippen LogP contribution < -0.4 is 10.6 Å². The van der Waals surface area contributed by atoms with Crippen molar-refractivity contribution < 1.29 is 9.59 Å². The molecule has 2 aliphatic carbocycles. The van der Waals surface area contributed by atoms with E-state index in [1.54, 1.807) is 0 Å². The van der Waals surface area contributed by atoms with Gasteiger partial charge in [-0.25, -0.2) is 4.98 Å². The lowest BCUT2D eigenvalue weighted by molar-refractivity contribution is -0.121. The van der Waals surface area contributed by atoms with Crippen LogP contribution in [0.1, 0.15) is 57.1 Å². The molecule has 0 atom stereocenters. The SMILES string of the molecule is O=C(Cc1csc(NC(=O)C2CCCC2)n1)NC1CCCC1. The molecule has 1 aromatic rings. The first-order valence-electron chi connectivity index (χ1n) is 8.25. The molecule has 2 N–H and O–H groups in total. The summed E-state index contributed by atoms with van der Waals surface area (Å²) in [6.45, 7) is 0. The zero-order chi connectivity index (χ0) is 15.4. The molecule has 0 radical (unpaired) electrons. The molecule has 1 heterocycles. The highest BCUT2D eigenvalue weighted by Gasteiger charge is 2.23. The Morgan fingerprint density at radius 2 is 1.82 bits per heavy atom. The lowest BCUT2D eigenvalue weighted by Gasteiger charge is -2.10. The van der Waals surface area contributed by atoms with E-state index < -0.39 is 0 Å². The molecule has 0 aliphatic heterocycles. The molecule has 2 fully saturated rings. The van der Waals surface area contributed by atoms with E-state index in [0.29, 0.717) is 17.6 Å². The number of thiazole rings is 1. The Morgan fingerprint density at radius 1 is 1.14 bits per heavy atom. The predicted molar refractivity (Wildman–Crippen MR) is 86.8 cm³/mol. The molecule has 0 spiro atoms. The fourth-order valence-corrected chi connectivity index (χ4v) is 4.07. The minimum absolute atomic E-state index is 0.0332. The third kappa shape index (κ3) is 4.06. The van der Waals surface area contributed by atoms with E-state index in [4.69, 9.17) is 0 Å². The van der Waals surface area contributed by atoms with Gasteiger partial charge in [-0.3, -0.25) is 9.59 Å². The van der Waals surface area contributed by atoms with Gasteiger partial charge in [-0.2, -0.15) is 0 Å². The number of nitrogens with one attached hydrogen (secondary N) is 2. The highest BCUT2D eigenvalue weighted by molar-refractivity contribution is 7.13. The van der Waals surface area contributed by atoms with Gasteiger partial charge in [0.15, 0.2) is 5.13 Å². The van der Waals surface area contributed by atoms with E-state index in [9.17, 15) is 9.59 Å². The van der Waals surface area contributed by atoms with Crippen LogP contribution >= 0.6 is 11.3 Å². The molecule has 3 rings (SSSR count). The van der Waals surface area contributed by atoms with Crippen molar-refractivity contribution in [2.24, 2.45) is 5.92 Å². The third-order valence-corrected chi connectivity index (χ3v) is 5.38. The third-order valence-electron chi connectivity index (χ3n) is 4.57. The quantitative estimate of drug-likeness (QED) is 0.876. The summed E-state index contributed by atoms with van der Waals surface area (Å²) < 4.78 is 0. The lowest BCUT2D eigenvalue weighted by atomic mass is 10.1. The Hall–Kier alpha value is -1.43. The molecule has 0 unspecified atom stereocenters. The van der Waals surface area contributed by atoms with Crippen LogP contribution in [0.3, 0.4) is 0 Å². The average Bonchev–Trinajstić information content (AvgIpc) is 3.20. The van der Waals surface area contributed by atoms with Crippen molar-refractivity contribution in [3.8, 4) is 0 Å². The van der Waals surface area contributed by atoms with Crippen LogP contribution in [0, 0.1) is 5.92 Å². The van der Waals surface area contributed by atoms with Crippen LogP contribution in [0.15, 0.2) is 5.38 Å². The van der Waals surface area contributed by atoms with E-state index in [-0.39, 0.29) is 17.7 Å². The molecular formula is C16H23N3O2S. The largest absolute Gasteiger partial charge is 0.353 e. The summed E-state index contributed by atoms with van der Waals surface area (Å²) in [5, 5.41) is 8.42. The first-order valence-corrected chi connectivity index (χ1v) is 9.13. The van der Waals surface area contributed by atoms with Crippen molar-refractivity contribution in [2.75, 3.05) is 5.32 Å².